The maximum absolute atomic E-state index is 12.0. The molecule has 0 aromatic carbocycles. The lowest BCUT2D eigenvalue weighted by Gasteiger charge is -2.52. The minimum absolute atomic E-state index is 0.124. The third-order valence-electron chi connectivity index (χ3n) is 4.66. The molecule has 4 atom stereocenters. The molecule has 16 heavy (non-hydrogen) atoms. The highest BCUT2D eigenvalue weighted by Crippen LogP contribution is 2.48. The number of carbonyl (C=O) groups is 1. The fraction of sp³-hybridized carbons (Fsp3) is 0.929. The molecule has 0 aromatic rings. The van der Waals surface area contributed by atoms with E-state index in [1.165, 1.54) is 6.42 Å². The van der Waals surface area contributed by atoms with E-state index in [4.69, 9.17) is 4.74 Å². The third-order valence-corrected chi connectivity index (χ3v) is 4.66. The first-order valence-corrected chi connectivity index (χ1v) is 6.53. The van der Waals surface area contributed by atoms with Crippen LogP contribution in [-0.4, -0.2) is 17.5 Å². The molecule has 92 valence electrons. The maximum atomic E-state index is 12.0. The highest BCUT2D eigenvalue weighted by molar-refractivity contribution is 5.82. The topological polar surface area (TPSA) is 26.3 Å². The molecule has 0 amide bonds. The van der Waals surface area contributed by atoms with E-state index in [9.17, 15) is 4.79 Å². The van der Waals surface area contributed by atoms with Gasteiger partial charge in [0.15, 0.2) is 0 Å². The Morgan fingerprint density at radius 2 is 2.00 bits per heavy atom. The number of Topliss-reactive ketones (excluding diaryl/α,β-unsaturated/α-hetero) is 1. The van der Waals surface area contributed by atoms with Crippen molar-refractivity contribution >= 4 is 5.78 Å². The van der Waals surface area contributed by atoms with Crippen molar-refractivity contribution in [2.24, 2.45) is 23.7 Å². The SMILES string of the molecule is CC(C)[C@@H]1OC(C)(C)[C@H]2CC(=O)[C@@H](C)[C@@H]1C2. The Morgan fingerprint density at radius 1 is 1.38 bits per heavy atom. The highest BCUT2D eigenvalue weighted by atomic mass is 16.5. The summed E-state index contributed by atoms with van der Waals surface area (Å²) in [6.07, 6.45) is 2.14. The predicted molar refractivity (Wildman–Crippen MR) is 64.2 cm³/mol. The van der Waals surface area contributed by atoms with E-state index in [0.717, 1.165) is 6.42 Å². The van der Waals surface area contributed by atoms with Crippen LogP contribution >= 0.6 is 0 Å². The monoisotopic (exact) mass is 224 g/mol. The van der Waals surface area contributed by atoms with Gasteiger partial charge in [-0.05, 0) is 38.0 Å². The summed E-state index contributed by atoms with van der Waals surface area (Å²) < 4.78 is 6.27. The van der Waals surface area contributed by atoms with Crippen molar-refractivity contribution in [2.75, 3.05) is 0 Å². The lowest BCUT2D eigenvalue weighted by Crippen LogP contribution is -2.55. The van der Waals surface area contributed by atoms with E-state index in [0.29, 0.717) is 23.5 Å². The van der Waals surface area contributed by atoms with Gasteiger partial charge in [-0.2, -0.15) is 0 Å². The second-order valence-corrected chi connectivity index (χ2v) is 6.49. The Balaban J connectivity index is 2.28. The summed E-state index contributed by atoms with van der Waals surface area (Å²) in [7, 11) is 0. The average Bonchev–Trinajstić information content (AvgIpc) is 2.17. The Labute approximate surface area is 98.7 Å². The van der Waals surface area contributed by atoms with E-state index in [1.54, 1.807) is 0 Å². The zero-order valence-corrected chi connectivity index (χ0v) is 11.1. The molecule has 2 rings (SSSR count). The van der Waals surface area contributed by atoms with Crippen molar-refractivity contribution < 1.29 is 9.53 Å². The summed E-state index contributed by atoms with van der Waals surface area (Å²) in [4.78, 5) is 12.0. The molecule has 0 aromatic heterocycles. The van der Waals surface area contributed by atoms with Gasteiger partial charge in [0.1, 0.15) is 5.78 Å². The molecule has 1 saturated heterocycles. The molecule has 0 N–H and O–H groups in total. The van der Waals surface area contributed by atoms with Crippen LogP contribution in [0.2, 0.25) is 0 Å². The van der Waals surface area contributed by atoms with Gasteiger partial charge in [-0.15, -0.1) is 0 Å². The fourth-order valence-corrected chi connectivity index (χ4v) is 3.40. The molecule has 1 aliphatic heterocycles. The van der Waals surface area contributed by atoms with Crippen molar-refractivity contribution in [1.82, 2.24) is 0 Å². The van der Waals surface area contributed by atoms with Gasteiger partial charge in [0.05, 0.1) is 11.7 Å². The van der Waals surface area contributed by atoms with Crippen molar-refractivity contribution in [2.45, 2.75) is 59.2 Å². The average molecular weight is 224 g/mol. The standard InChI is InChI=1S/C14H24O2/c1-8(2)13-11-6-10(14(4,5)16-13)7-12(15)9(11)3/h8-11,13H,6-7H2,1-5H3/t9-,10+,11-,13-/m0/s1. The van der Waals surface area contributed by atoms with Gasteiger partial charge in [0.25, 0.3) is 0 Å². The molecular weight excluding hydrogens is 200 g/mol. The number of carbonyl (C=O) groups excluding carboxylic acids is 1. The molecule has 1 heterocycles. The predicted octanol–water partition coefficient (Wildman–Crippen LogP) is 3.05. The first-order chi connectivity index (χ1) is 7.33. The molecule has 1 aliphatic carbocycles. The Morgan fingerprint density at radius 3 is 2.56 bits per heavy atom. The van der Waals surface area contributed by atoms with Crippen LogP contribution in [0.3, 0.4) is 0 Å². The number of rotatable bonds is 1. The molecule has 0 radical (unpaired) electrons. The van der Waals surface area contributed by atoms with Gasteiger partial charge in [-0.1, -0.05) is 20.8 Å². The molecule has 2 bridgehead atoms. The van der Waals surface area contributed by atoms with Gasteiger partial charge in [0.2, 0.25) is 0 Å². The summed E-state index contributed by atoms with van der Waals surface area (Å²) in [6, 6.07) is 0. The van der Waals surface area contributed by atoms with Crippen LogP contribution in [0.25, 0.3) is 0 Å². The lowest BCUT2D eigenvalue weighted by atomic mass is 9.63. The molecular formula is C14H24O2. The summed E-state index contributed by atoms with van der Waals surface area (Å²) >= 11 is 0. The van der Waals surface area contributed by atoms with Crippen LogP contribution in [-0.2, 0) is 9.53 Å². The minimum Gasteiger partial charge on any atom is -0.371 e. The van der Waals surface area contributed by atoms with Crippen molar-refractivity contribution in [3.63, 3.8) is 0 Å². The summed E-state index contributed by atoms with van der Waals surface area (Å²) in [5.74, 6) is 2.01. The van der Waals surface area contributed by atoms with Crippen molar-refractivity contribution in [3.05, 3.63) is 0 Å². The van der Waals surface area contributed by atoms with Crippen LogP contribution in [0.4, 0.5) is 0 Å². The highest BCUT2D eigenvalue weighted by Gasteiger charge is 2.50. The number of fused-ring (bicyclic) bond motifs is 2. The van der Waals surface area contributed by atoms with Crippen LogP contribution < -0.4 is 0 Å². The van der Waals surface area contributed by atoms with E-state index in [1.807, 2.05) is 0 Å². The number of hydrogen-bond donors (Lipinski definition) is 0. The number of ether oxygens (including phenoxy) is 1. The summed E-state index contributed by atoms with van der Waals surface area (Å²) in [6.45, 7) is 10.8. The van der Waals surface area contributed by atoms with Crippen molar-refractivity contribution in [1.29, 1.82) is 0 Å². The third kappa shape index (κ3) is 1.81. The van der Waals surface area contributed by atoms with Crippen molar-refractivity contribution in [3.8, 4) is 0 Å². The molecule has 2 heteroatoms. The molecule has 2 fully saturated rings. The van der Waals surface area contributed by atoms with E-state index in [2.05, 4.69) is 34.6 Å². The van der Waals surface area contributed by atoms with Crippen LogP contribution in [0.15, 0.2) is 0 Å². The van der Waals surface area contributed by atoms with Gasteiger partial charge in [-0.25, -0.2) is 0 Å². The Kier molecular flexibility index (Phi) is 2.90. The second-order valence-electron chi connectivity index (χ2n) is 6.49. The molecule has 1 saturated carbocycles. The normalized spacial score (nSPS) is 42.5. The van der Waals surface area contributed by atoms with Gasteiger partial charge >= 0.3 is 0 Å². The van der Waals surface area contributed by atoms with Crippen LogP contribution in [0.1, 0.15) is 47.5 Å². The second kappa shape index (κ2) is 3.83. The van der Waals surface area contributed by atoms with Gasteiger partial charge in [-0.3, -0.25) is 4.79 Å². The van der Waals surface area contributed by atoms with E-state index < -0.39 is 0 Å². The smallest absolute Gasteiger partial charge is 0.136 e. The molecule has 2 nitrogen and oxygen atoms in total. The molecule has 0 spiro atoms. The first kappa shape index (κ1) is 12.1. The maximum Gasteiger partial charge on any atom is 0.136 e. The van der Waals surface area contributed by atoms with E-state index >= 15 is 0 Å². The zero-order valence-electron chi connectivity index (χ0n) is 11.1. The zero-order chi connectivity index (χ0) is 12.1. The largest absolute Gasteiger partial charge is 0.371 e. The summed E-state index contributed by atoms with van der Waals surface area (Å²) in [5, 5.41) is 0. The number of hydrogen-bond acceptors (Lipinski definition) is 2. The van der Waals surface area contributed by atoms with Crippen LogP contribution in [0.5, 0.6) is 0 Å². The van der Waals surface area contributed by atoms with E-state index in [-0.39, 0.29) is 17.6 Å². The fourth-order valence-electron chi connectivity index (χ4n) is 3.40. The van der Waals surface area contributed by atoms with Crippen LogP contribution in [0, 0.1) is 23.7 Å². The van der Waals surface area contributed by atoms with Gasteiger partial charge < -0.3 is 4.74 Å². The lowest BCUT2D eigenvalue weighted by molar-refractivity contribution is -0.205. The quantitative estimate of drug-likeness (QED) is 0.684. The van der Waals surface area contributed by atoms with Gasteiger partial charge in [0, 0.05) is 12.3 Å². The Hall–Kier alpha value is -0.370. The Bertz CT molecular complexity index is 293. The first-order valence-electron chi connectivity index (χ1n) is 6.53. The molecule has 0 unspecified atom stereocenters. The minimum atomic E-state index is -0.124. The number of ketones is 1. The summed E-state index contributed by atoms with van der Waals surface area (Å²) in [5.41, 5.74) is -0.124. The molecule has 2 aliphatic rings.